The summed E-state index contributed by atoms with van der Waals surface area (Å²) in [7, 11) is 1.97. The van der Waals surface area contributed by atoms with Crippen LogP contribution in [0.5, 0.6) is 0 Å². The zero-order valence-electron chi connectivity index (χ0n) is 12.8. The number of hydrogen-bond donors (Lipinski definition) is 1. The van der Waals surface area contributed by atoms with Crippen LogP contribution in [0.15, 0.2) is 6.07 Å². The molecule has 2 fully saturated rings. The molecule has 0 aromatic carbocycles. The fourth-order valence-electron chi connectivity index (χ4n) is 4.38. The minimum atomic E-state index is 0.593. The molecule has 1 N–H and O–H groups in total. The van der Waals surface area contributed by atoms with Crippen LogP contribution in [0.1, 0.15) is 49.6 Å². The highest BCUT2D eigenvalue weighted by Gasteiger charge is 2.41. The van der Waals surface area contributed by atoms with Crippen molar-refractivity contribution in [2.24, 2.45) is 24.8 Å². The Morgan fingerprint density at radius 3 is 2.80 bits per heavy atom. The molecule has 20 heavy (non-hydrogen) atoms. The molecule has 2 aliphatic carbocycles. The van der Waals surface area contributed by atoms with Gasteiger partial charge in [-0.15, -0.1) is 0 Å². The summed E-state index contributed by atoms with van der Waals surface area (Å²) in [5, 5.41) is 12.8. The number of nitrogens with one attached hydrogen (secondary N) is 1. The number of rotatable bonds is 4. The average molecular weight is 271 g/mol. The molecule has 1 aromatic rings. The van der Waals surface area contributed by atoms with E-state index in [9.17, 15) is 0 Å². The molecule has 1 aromatic heterocycles. The van der Waals surface area contributed by atoms with Crippen molar-refractivity contribution in [3.63, 3.8) is 0 Å². The fourth-order valence-corrected chi connectivity index (χ4v) is 4.38. The van der Waals surface area contributed by atoms with Crippen LogP contribution in [-0.2, 0) is 13.6 Å². The quantitative estimate of drug-likeness (QED) is 0.914. The van der Waals surface area contributed by atoms with Crippen molar-refractivity contribution in [2.75, 3.05) is 0 Å². The number of aromatic nitrogens is 1. The van der Waals surface area contributed by atoms with Gasteiger partial charge in [0.2, 0.25) is 0 Å². The van der Waals surface area contributed by atoms with Gasteiger partial charge in [0.25, 0.3) is 0 Å². The SMILES string of the molecule is Cc1c(CNC(C)C2CC3CCC2C3)cc(C#N)n1C. The molecule has 3 heteroatoms. The Labute approximate surface area is 122 Å². The van der Waals surface area contributed by atoms with Crippen LogP contribution in [0, 0.1) is 36.0 Å². The van der Waals surface area contributed by atoms with Crippen molar-refractivity contribution in [2.45, 2.75) is 52.1 Å². The van der Waals surface area contributed by atoms with Crippen molar-refractivity contribution in [1.29, 1.82) is 5.26 Å². The molecule has 2 aliphatic rings. The lowest BCUT2D eigenvalue weighted by atomic mass is 9.84. The molecule has 3 nitrogen and oxygen atoms in total. The molecule has 4 atom stereocenters. The van der Waals surface area contributed by atoms with Crippen LogP contribution in [0.2, 0.25) is 0 Å². The first-order chi connectivity index (χ1) is 9.60. The van der Waals surface area contributed by atoms with Crippen molar-refractivity contribution in [3.05, 3.63) is 23.0 Å². The largest absolute Gasteiger partial charge is 0.340 e. The summed E-state index contributed by atoms with van der Waals surface area (Å²) in [5.41, 5.74) is 3.22. The Kier molecular flexibility index (Phi) is 3.60. The first-order valence-corrected chi connectivity index (χ1v) is 7.88. The van der Waals surface area contributed by atoms with Crippen molar-refractivity contribution in [3.8, 4) is 6.07 Å². The van der Waals surface area contributed by atoms with Crippen molar-refractivity contribution >= 4 is 0 Å². The third-order valence-electron chi connectivity index (χ3n) is 5.80. The third-order valence-corrected chi connectivity index (χ3v) is 5.80. The number of nitriles is 1. The predicted octanol–water partition coefficient (Wildman–Crippen LogP) is 3.12. The molecule has 4 unspecified atom stereocenters. The Bertz CT molecular complexity index is 537. The summed E-state index contributed by atoms with van der Waals surface area (Å²) in [6.45, 7) is 5.32. The minimum absolute atomic E-state index is 0.593. The highest BCUT2D eigenvalue weighted by molar-refractivity contribution is 5.34. The van der Waals surface area contributed by atoms with Gasteiger partial charge in [-0.25, -0.2) is 0 Å². The molecule has 0 spiro atoms. The minimum Gasteiger partial charge on any atom is -0.340 e. The van der Waals surface area contributed by atoms with E-state index in [1.54, 1.807) is 0 Å². The topological polar surface area (TPSA) is 40.8 Å². The summed E-state index contributed by atoms with van der Waals surface area (Å²) in [5.74, 6) is 2.85. The highest BCUT2D eigenvalue weighted by Crippen LogP contribution is 2.49. The van der Waals surface area contributed by atoms with E-state index in [1.165, 1.54) is 36.9 Å². The van der Waals surface area contributed by atoms with Gasteiger partial charge in [-0.1, -0.05) is 6.42 Å². The molecule has 108 valence electrons. The molecule has 2 saturated carbocycles. The summed E-state index contributed by atoms with van der Waals surface area (Å²) < 4.78 is 1.99. The van der Waals surface area contributed by atoms with Gasteiger partial charge in [0.1, 0.15) is 11.8 Å². The van der Waals surface area contributed by atoms with E-state index in [0.29, 0.717) is 6.04 Å². The van der Waals surface area contributed by atoms with Crippen LogP contribution >= 0.6 is 0 Å². The smallest absolute Gasteiger partial charge is 0.120 e. The predicted molar refractivity (Wildman–Crippen MR) is 80.1 cm³/mol. The number of fused-ring (bicyclic) bond motifs is 2. The van der Waals surface area contributed by atoms with Gasteiger partial charge in [-0.05, 0) is 62.5 Å². The van der Waals surface area contributed by atoms with Gasteiger partial charge in [-0.2, -0.15) is 5.26 Å². The van der Waals surface area contributed by atoms with E-state index in [1.807, 2.05) is 17.7 Å². The molecule has 3 rings (SSSR count). The molecule has 2 bridgehead atoms. The number of nitrogens with zero attached hydrogens (tertiary/aromatic N) is 2. The second-order valence-corrected chi connectivity index (χ2v) is 6.82. The Morgan fingerprint density at radius 1 is 1.45 bits per heavy atom. The van der Waals surface area contributed by atoms with Crippen LogP contribution in [-0.4, -0.2) is 10.6 Å². The lowest BCUT2D eigenvalue weighted by molar-refractivity contribution is 0.259. The Balaban J connectivity index is 1.61. The first kappa shape index (κ1) is 13.7. The monoisotopic (exact) mass is 271 g/mol. The normalized spacial score (nSPS) is 29.6. The van der Waals surface area contributed by atoms with E-state index < -0.39 is 0 Å². The van der Waals surface area contributed by atoms with E-state index in [2.05, 4.69) is 25.2 Å². The molecule has 0 saturated heterocycles. The summed E-state index contributed by atoms with van der Waals surface area (Å²) in [6.07, 6.45) is 5.82. The van der Waals surface area contributed by atoms with E-state index >= 15 is 0 Å². The van der Waals surface area contributed by atoms with Crippen LogP contribution in [0.4, 0.5) is 0 Å². The average Bonchev–Trinajstić information content (AvgIpc) is 3.14. The summed E-state index contributed by atoms with van der Waals surface area (Å²) in [6, 6.07) is 4.87. The van der Waals surface area contributed by atoms with Crippen molar-refractivity contribution in [1.82, 2.24) is 9.88 Å². The molecule has 0 amide bonds. The van der Waals surface area contributed by atoms with Crippen LogP contribution in [0.25, 0.3) is 0 Å². The lowest BCUT2D eigenvalue weighted by Gasteiger charge is -2.28. The van der Waals surface area contributed by atoms with Crippen LogP contribution in [0.3, 0.4) is 0 Å². The Hall–Kier alpha value is -1.27. The van der Waals surface area contributed by atoms with Gasteiger partial charge in [-0.3, -0.25) is 0 Å². The lowest BCUT2D eigenvalue weighted by Crippen LogP contribution is -2.35. The Morgan fingerprint density at radius 2 is 2.25 bits per heavy atom. The van der Waals surface area contributed by atoms with Gasteiger partial charge in [0, 0.05) is 25.3 Å². The number of hydrogen-bond acceptors (Lipinski definition) is 2. The zero-order chi connectivity index (χ0) is 14.3. The highest BCUT2D eigenvalue weighted by atomic mass is 15.0. The maximum atomic E-state index is 9.09. The standard InChI is InChI=1S/C17H25N3/c1-11(17-7-13-4-5-14(17)6-13)19-10-15-8-16(9-18)20(3)12(15)2/h8,11,13-14,17,19H,4-7,10H2,1-3H3. The molecule has 0 aliphatic heterocycles. The summed E-state index contributed by atoms with van der Waals surface area (Å²) >= 11 is 0. The van der Waals surface area contributed by atoms with Gasteiger partial charge in [0.05, 0.1) is 0 Å². The molecule has 1 heterocycles. The molecular weight excluding hydrogens is 246 g/mol. The van der Waals surface area contributed by atoms with Gasteiger partial charge in [0.15, 0.2) is 0 Å². The first-order valence-electron chi connectivity index (χ1n) is 7.88. The maximum absolute atomic E-state index is 9.09. The van der Waals surface area contributed by atoms with Crippen molar-refractivity contribution < 1.29 is 0 Å². The van der Waals surface area contributed by atoms with Gasteiger partial charge < -0.3 is 9.88 Å². The summed E-state index contributed by atoms with van der Waals surface area (Å²) in [4.78, 5) is 0. The van der Waals surface area contributed by atoms with Gasteiger partial charge >= 0.3 is 0 Å². The second-order valence-electron chi connectivity index (χ2n) is 6.82. The fraction of sp³-hybridized carbons (Fsp3) is 0.706. The van der Waals surface area contributed by atoms with E-state index in [4.69, 9.17) is 5.26 Å². The van der Waals surface area contributed by atoms with Crippen LogP contribution < -0.4 is 5.32 Å². The maximum Gasteiger partial charge on any atom is 0.120 e. The molecular formula is C17H25N3. The third kappa shape index (κ3) is 2.27. The molecule has 0 radical (unpaired) electrons. The van der Waals surface area contributed by atoms with E-state index in [0.717, 1.165) is 30.0 Å². The second kappa shape index (κ2) is 5.26. The zero-order valence-corrected chi connectivity index (χ0v) is 12.8. The van der Waals surface area contributed by atoms with E-state index in [-0.39, 0.29) is 0 Å².